The Morgan fingerprint density at radius 1 is 1.04 bits per heavy atom. The van der Waals surface area contributed by atoms with Crippen molar-refractivity contribution in [2.45, 2.75) is 24.6 Å². The van der Waals surface area contributed by atoms with E-state index in [1.165, 1.54) is 0 Å². The third-order valence-corrected chi connectivity index (χ3v) is 6.67. The zero-order valence-corrected chi connectivity index (χ0v) is 14.8. The molecule has 3 rings (SSSR count). The summed E-state index contributed by atoms with van der Waals surface area (Å²) in [6.07, 6.45) is 1.73. The van der Waals surface area contributed by atoms with Gasteiger partial charge < -0.3 is 0 Å². The number of hydrogen-bond donors (Lipinski definition) is 0. The summed E-state index contributed by atoms with van der Waals surface area (Å²) in [5, 5.41) is 0.802. The Labute approximate surface area is 146 Å². The third-order valence-electron chi connectivity index (χ3n) is 4.08. The average Bonchev–Trinajstić information content (AvgIpc) is 3.02. The lowest BCUT2D eigenvalue weighted by atomic mass is 10.1. The van der Waals surface area contributed by atoms with Gasteiger partial charge in [-0.3, -0.25) is 0 Å². The van der Waals surface area contributed by atoms with Crippen LogP contribution in [0, 0.1) is 0 Å². The molecular formula is C17H17Cl2NO2S. The molecule has 0 amide bonds. The van der Waals surface area contributed by atoms with Crippen LogP contribution in [0.3, 0.4) is 0 Å². The molecule has 1 fully saturated rings. The van der Waals surface area contributed by atoms with Crippen LogP contribution in [-0.2, 0) is 15.8 Å². The van der Waals surface area contributed by atoms with Crippen LogP contribution in [0.2, 0.25) is 10.0 Å². The van der Waals surface area contributed by atoms with E-state index in [1.54, 1.807) is 22.5 Å². The van der Waals surface area contributed by atoms with Crippen LogP contribution in [0.1, 0.15) is 30.0 Å². The quantitative estimate of drug-likeness (QED) is 0.785. The molecule has 0 saturated carbocycles. The van der Waals surface area contributed by atoms with Gasteiger partial charge in [0.15, 0.2) is 0 Å². The van der Waals surface area contributed by atoms with Crippen LogP contribution < -0.4 is 0 Å². The van der Waals surface area contributed by atoms with Gasteiger partial charge in [-0.15, -0.1) is 0 Å². The van der Waals surface area contributed by atoms with E-state index in [4.69, 9.17) is 23.2 Å². The fourth-order valence-electron chi connectivity index (χ4n) is 3.00. The summed E-state index contributed by atoms with van der Waals surface area (Å²) in [5.74, 6) is -0.0623. The first-order valence-electron chi connectivity index (χ1n) is 7.46. The fraction of sp³-hybridized carbons (Fsp3) is 0.294. The van der Waals surface area contributed by atoms with E-state index in [9.17, 15) is 8.42 Å². The monoisotopic (exact) mass is 369 g/mol. The molecule has 0 N–H and O–H groups in total. The molecule has 1 aliphatic rings. The highest BCUT2D eigenvalue weighted by atomic mass is 35.5. The van der Waals surface area contributed by atoms with Gasteiger partial charge in [0, 0.05) is 12.6 Å². The minimum absolute atomic E-state index is 0.0623. The average molecular weight is 370 g/mol. The second kappa shape index (κ2) is 6.81. The SMILES string of the molecule is O=S(=O)(Cc1ccc(Cl)c(Cl)c1)N1CCCC1c1ccccc1. The standard InChI is InChI=1S/C17H17Cl2NO2S/c18-15-9-8-13(11-16(15)19)12-23(21,22)20-10-4-7-17(20)14-5-2-1-3-6-14/h1-3,5-6,8-9,11,17H,4,7,10,12H2. The summed E-state index contributed by atoms with van der Waals surface area (Å²) in [4.78, 5) is 0. The zero-order chi connectivity index (χ0) is 16.4. The zero-order valence-electron chi connectivity index (χ0n) is 12.5. The third kappa shape index (κ3) is 3.72. The number of rotatable bonds is 4. The van der Waals surface area contributed by atoms with E-state index < -0.39 is 10.0 Å². The molecule has 1 unspecified atom stereocenters. The highest BCUT2D eigenvalue weighted by Gasteiger charge is 2.35. The van der Waals surface area contributed by atoms with Crippen LogP contribution in [0.25, 0.3) is 0 Å². The van der Waals surface area contributed by atoms with Crippen LogP contribution in [0.4, 0.5) is 0 Å². The Balaban J connectivity index is 1.85. The summed E-state index contributed by atoms with van der Waals surface area (Å²) in [6.45, 7) is 0.559. The lowest BCUT2D eigenvalue weighted by Crippen LogP contribution is -2.31. The fourth-order valence-corrected chi connectivity index (χ4v) is 5.11. The van der Waals surface area contributed by atoms with Gasteiger partial charge in [-0.1, -0.05) is 59.6 Å². The molecule has 23 heavy (non-hydrogen) atoms. The van der Waals surface area contributed by atoms with Gasteiger partial charge in [-0.05, 0) is 36.1 Å². The van der Waals surface area contributed by atoms with Crippen LogP contribution >= 0.6 is 23.2 Å². The maximum Gasteiger partial charge on any atom is 0.218 e. The molecule has 1 heterocycles. The van der Waals surface area contributed by atoms with E-state index in [0.29, 0.717) is 22.2 Å². The molecule has 2 aromatic carbocycles. The molecular weight excluding hydrogens is 353 g/mol. The first-order valence-corrected chi connectivity index (χ1v) is 9.82. The number of hydrogen-bond acceptors (Lipinski definition) is 2. The van der Waals surface area contributed by atoms with Crippen molar-refractivity contribution in [1.29, 1.82) is 0 Å². The molecule has 6 heteroatoms. The van der Waals surface area contributed by atoms with Crippen molar-refractivity contribution >= 4 is 33.2 Å². The number of nitrogens with zero attached hydrogens (tertiary/aromatic N) is 1. The lowest BCUT2D eigenvalue weighted by Gasteiger charge is -2.24. The molecule has 2 aromatic rings. The summed E-state index contributed by atoms with van der Waals surface area (Å²) < 4.78 is 27.3. The number of halogens is 2. The largest absolute Gasteiger partial charge is 0.218 e. The lowest BCUT2D eigenvalue weighted by molar-refractivity contribution is 0.396. The molecule has 0 aliphatic carbocycles. The number of sulfonamides is 1. The first kappa shape index (κ1) is 16.8. The first-order chi connectivity index (χ1) is 11.0. The molecule has 1 saturated heterocycles. The minimum atomic E-state index is -3.41. The van der Waals surface area contributed by atoms with Gasteiger partial charge in [0.25, 0.3) is 0 Å². The van der Waals surface area contributed by atoms with Crippen molar-refractivity contribution in [3.63, 3.8) is 0 Å². The Morgan fingerprint density at radius 2 is 1.78 bits per heavy atom. The molecule has 0 bridgehead atoms. The van der Waals surface area contributed by atoms with Gasteiger partial charge >= 0.3 is 0 Å². The maximum absolute atomic E-state index is 12.8. The van der Waals surface area contributed by atoms with Crippen molar-refractivity contribution in [2.75, 3.05) is 6.54 Å². The van der Waals surface area contributed by atoms with E-state index in [-0.39, 0.29) is 11.8 Å². The molecule has 1 atom stereocenters. The van der Waals surface area contributed by atoms with Gasteiger partial charge in [0.2, 0.25) is 10.0 Å². The summed E-state index contributed by atoms with van der Waals surface area (Å²) in [5.41, 5.74) is 1.70. The predicted octanol–water partition coefficient (Wildman–Crippen LogP) is 4.66. The topological polar surface area (TPSA) is 37.4 Å². The van der Waals surface area contributed by atoms with E-state index >= 15 is 0 Å². The van der Waals surface area contributed by atoms with E-state index in [1.807, 2.05) is 30.3 Å². The Kier molecular flexibility index (Phi) is 4.97. The number of benzene rings is 2. The molecule has 0 radical (unpaired) electrons. The second-order valence-electron chi connectivity index (χ2n) is 5.68. The molecule has 1 aliphatic heterocycles. The maximum atomic E-state index is 12.8. The minimum Gasteiger partial charge on any atom is -0.212 e. The van der Waals surface area contributed by atoms with Crippen LogP contribution in [0.15, 0.2) is 48.5 Å². The highest BCUT2D eigenvalue weighted by molar-refractivity contribution is 7.88. The van der Waals surface area contributed by atoms with Crippen LogP contribution in [0.5, 0.6) is 0 Å². The van der Waals surface area contributed by atoms with Crippen molar-refractivity contribution in [2.24, 2.45) is 0 Å². The van der Waals surface area contributed by atoms with Crippen molar-refractivity contribution in [3.05, 3.63) is 69.7 Å². The van der Waals surface area contributed by atoms with Gasteiger partial charge in [-0.25, -0.2) is 8.42 Å². The van der Waals surface area contributed by atoms with Crippen LogP contribution in [-0.4, -0.2) is 19.3 Å². The Bertz CT molecular complexity index is 793. The summed E-state index contributed by atoms with van der Waals surface area (Å²) in [7, 11) is -3.41. The van der Waals surface area contributed by atoms with Gasteiger partial charge in [0.05, 0.1) is 15.8 Å². The smallest absolute Gasteiger partial charge is 0.212 e. The van der Waals surface area contributed by atoms with Crippen molar-refractivity contribution < 1.29 is 8.42 Å². The van der Waals surface area contributed by atoms with Crippen molar-refractivity contribution in [3.8, 4) is 0 Å². The van der Waals surface area contributed by atoms with E-state index in [0.717, 1.165) is 18.4 Å². The highest BCUT2D eigenvalue weighted by Crippen LogP contribution is 2.35. The van der Waals surface area contributed by atoms with Gasteiger partial charge in [0.1, 0.15) is 0 Å². The predicted molar refractivity (Wildman–Crippen MR) is 94.2 cm³/mol. The van der Waals surface area contributed by atoms with E-state index in [2.05, 4.69) is 0 Å². The Hall–Kier alpha value is -1.07. The molecule has 3 nitrogen and oxygen atoms in total. The Morgan fingerprint density at radius 3 is 2.48 bits per heavy atom. The molecule has 0 spiro atoms. The molecule has 0 aromatic heterocycles. The summed E-state index contributed by atoms with van der Waals surface area (Å²) in [6, 6.07) is 14.7. The van der Waals surface area contributed by atoms with Crippen molar-refractivity contribution in [1.82, 2.24) is 4.31 Å². The summed E-state index contributed by atoms with van der Waals surface area (Å²) >= 11 is 11.9. The molecule has 122 valence electrons. The van der Waals surface area contributed by atoms with Gasteiger partial charge in [-0.2, -0.15) is 4.31 Å². The second-order valence-corrected chi connectivity index (χ2v) is 8.42. The normalized spacial score (nSPS) is 19.1.